The fraction of sp³-hybridized carbons (Fsp3) is 0.846. The van der Waals surface area contributed by atoms with E-state index >= 15 is 0 Å². The van der Waals surface area contributed by atoms with Crippen molar-refractivity contribution in [2.24, 2.45) is 11.3 Å². The first-order valence-corrected chi connectivity index (χ1v) is 6.32. The quantitative estimate of drug-likeness (QED) is 0.578. The molecule has 2 atom stereocenters. The lowest BCUT2D eigenvalue weighted by atomic mass is 9.58. The molecule has 0 radical (unpaired) electrons. The summed E-state index contributed by atoms with van der Waals surface area (Å²) in [4.78, 5) is 23.6. The largest absolute Gasteiger partial charge is 0.480 e. The predicted octanol–water partition coefficient (Wildman–Crippen LogP) is 1.58. The lowest BCUT2D eigenvalue weighted by Gasteiger charge is -2.45. The second kappa shape index (κ2) is 5.26. The molecular formula is C13H22O5. The van der Waals surface area contributed by atoms with Crippen LogP contribution in [0.3, 0.4) is 0 Å². The van der Waals surface area contributed by atoms with E-state index in [9.17, 15) is 14.7 Å². The Bertz CT molecular complexity index is 331. The molecule has 104 valence electrons. The van der Waals surface area contributed by atoms with Crippen LogP contribution in [0.1, 0.15) is 46.5 Å². The molecule has 5 heteroatoms. The van der Waals surface area contributed by atoms with Crippen molar-refractivity contribution in [2.75, 3.05) is 6.61 Å². The first kappa shape index (κ1) is 15.0. The van der Waals surface area contributed by atoms with Gasteiger partial charge < -0.3 is 14.9 Å². The van der Waals surface area contributed by atoms with Gasteiger partial charge in [-0.1, -0.05) is 0 Å². The Hall–Kier alpha value is -1.10. The fourth-order valence-electron chi connectivity index (χ4n) is 2.37. The van der Waals surface area contributed by atoms with Gasteiger partial charge in [0.15, 0.2) is 5.41 Å². The van der Waals surface area contributed by atoms with Gasteiger partial charge in [0, 0.05) is 6.61 Å². The third kappa shape index (κ3) is 2.83. The molecule has 5 nitrogen and oxygen atoms in total. The zero-order valence-corrected chi connectivity index (χ0v) is 11.2. The van der Waals surface area contributed by atoms with Crippen LogP contribution in [0, 0.1) is 11.3 Å². The maximum Gasteiger partial charge on any atom is 0.324 e. The van der Waals surface area contributed by atoms with Crippen LogP contribution in [0.25, 0.3) is 0 Å². The van der Waals surface area contributed by atoms with Gasteiger partial charge in [-0.15, -0.1) is 0 Å². The number of aliphatic hydroxyl groups excluding tert-OH is 1. The second-order valence-corrected chi connectivity index (χ2v) is 5.88. The molecule has 1 aliphatic rings. The highest BCUT2D eigenvalue weighted by Gasteiger charge is 2.60. The van der Waals surface area contributed by atoms with E-state index in [-0.39, 0.29) is 12.5 Å². The number of rotatable bonds is 5. The van der Waals surface area contributed by atoms with Gasteiger partial charge in [0.05, 0.1) is 0 Å². The van der Waals surface area contributed by atoms with Crippen LogP contribution in [0.2, 0.25) is 0 Å². The summed E-state index contributed by atoms with van der Waals surface area (Å²) in [5, 5.41) is 18.2. The summed E-state index contributed by atoms with van der Waals surface area (Å²) in [6, 6.07) is 0. The molecule has 0 aromatic heterocycles. The molecule has 0 aromatic rings. The Kier molecular flexibility index (Phi) is 4.37. The van der Waals surface area contributed by atoms with E-state index in [4.69, 9.17) is 9.84 Å². The number of carboxylic acid groups (broad SMARTS) is 1. The molecule has 0 bridgehead atoms. The van der Waals surface area contributed by atoms with E-state index in [2.05, 4.69) is 0 Å². The minimum absolute atomic E-state index is 0.0144. The van der Waals surface area contributed by atoms with Crippen LogP contribution < -0.4 is 0 Å². The summed E-state index contributed by atoms with van der Waals surface area (Å²) in [5.74, 6) is -1.97. The number of carbonyl (C=O) groups is 2. The van der Waals surface area contributed by atoms with Crippen molar-refractivity contribution >= 4 is 11.9 Å². The Morgan fingerprint density at radius 3 is 2.33 bits per heavy atom. The molecule has 1 fully saturated rings. The number of carboxylic acids is 1. The van der Waals surface area contributed by atoms with Crippen molar-refractivity contribution in [2.45, 2.75) is 52.1 Å². The van der Waals surface area contributed by atoms with Crippen LogP contribution >= 0.6 is 0 Å². The Balaban J connectivity index is 2.82. The molecule has 2 unspecified atom stereocenters. The molecule has 0 aromatic carbocycles. The van der Waals surface area contributed by atoms with Crippen LogP contribution in [0.4, 0.5) is 0 Å². The summed E-state index contributed by atoms with van der Waals surface area (Å²) in [6.07, 6.45) is 2.09. The number of esters is 1. The Labute approximate surface area is 107 Å². The fourth-order valence-corrected chi connectivity index (χ4v) is 2.37. The van der Waals surface area contributed by atoms with Crippen LogP contribution in [0.15, 0.2) is 0 Å². The summed E-state index contributed by atoms with van der Waals surface area (Å²) >= 11 is 0. The normalized spacial score (nSPS) is 27.4. The number of aliphatic hydroxyl groups is 1. The second-order valence-electron chi connectivity index (χ2n) is 5.88. The smallest absolute Gasteiger partial charge is 0.324 e. The van der Waals surface area contributed by atoms with Crippen LogP contribution in [-0.2, 0) is 14.3 Å². The number of aliphatic carboxylic acids is 1. The van der Waals surface area contributed by atoms with Crippen molar-refractivity contribution in [3.8, 4) is 0 Å². The highest BCUT2D eigenvalue weighted by atomic mass is 16.6. The number of hydrogen-bond acceptors (Lipinski definition) is 4. The van der Waals surface area contributed by atoms with E-state index in [0.717, 1.165) is 0 Å². The number of ether oxygens (including phenoxy) is 1. The van der Waals surface area contributed by atoms with Gasteiger partial charge in [-0.05, 0) is 52.4 Å². The lowest BCUT2D eigenvalue weighted by molar-refractivity contribution is -0.191. The molecule has 0 amide bonds. The predicted molar refractivity (Wildman–Crippen MR) is 65.0 cm³/mol. The summed E-state index contributed by atoms with van der Waals surface area (Å²) in [5.41, 5.74) is -2.08. The Morgan fingerprint density at radius 2 is 2.00 bits per heavy atom. The van der Waals surface area contributed by atoms with Gasteiger partial charge in [0.25, 0.3) is 0 Å². The topological polar surface area (TPSA) is 83.8 Å². The van der Waals surface area contributed by atoms with Gasteiger partial charge in [-0.25, -0.2) is 0 Å². The van der Waals surface area contributed by atoms with E-state index in [1.165, 1.54) is 0 Å². The molecule has 18 heavy (non-hydrogen) atoms. The first-order chi connectivity index (χ1) is 8.24. The molecule has 0 heterocycles. The van der Waals surface area contributed by atoms with Gasteiger partial charge in [0.2, 0.25) is 0 Å². The van der Waals surface area contributed by atoms with Gasteiger partial charge in [-0.2, -0.15) is 0 Å². The maximum atomic E-state index is 12.1. The molecule has 0 saturated heterocycles. The third-order valence-electron chi connectivity index (χ3n) is 3.44. The lowest BCUT2D eigenvalue weighted by Crippen LogP contribution is -2.54. The SMILES string of the molecule is CC(C)(C)OC(=O)C1(C(=O)O)CCC1CCCO. The minimum Gasteiger partial charge on any atom is -0.480 e. The molecule has 0 aliphatic heterocycles. The van der Waals surface area contributed by atoms with Gasteiger partial charge >= 0.3 is 11.9 Å². The molecule has 1 saturated carbocycles. The number of carbonyl (C=O) groups excluding carboxylic acids is 1. The highest BCUT2D eigenvalue weighted by Crippen LogP contribution is 2.50. The van der Waals surface area contributed by atoms with Gasteiger partial charge in [0.1, 0.15) is 5.60 Å². The van der Waals surface area contributed by atoms with E-state index in [1.807, 2.05) is 0 Å². The van der Waals surface area contributed by atoms with Crippen molar-refractivity contribution in [1.82, 2.24) is 0 Å². The maximum absolute atomic E-state index is 12.1. The first-order valence-electron chi connectivity index (χ1n) is 6.32. The molecule has 1 rings (SSSR count). The molecule has 0 spiro atoms. The van der Waals surface area contributed by atoms with E-state index in [0.29, 0.717) is 25.7 Å². The third-order valence-corrected chi connectivity index (χ3v) is 3.44. The van der Waals surface area contributed by atoms with Crippen LogP contribution in [0.5, 0.6) is 0 Å². The van der Waals surface area contributed by atoms with Gasteiger partial charge in [-0.3, -0.25) is 9.59 Å². The standard InChI is InChI=1S/C13H22O5/c1-12(2,3)18-11(17)13(10(15)16)7-6-9(13)5-4-8-14/h9,14H,4-8H2,1-3H3,(H,15,16). The Morgan fingerprint density at radius 1 is 1.39 bits per heavy atom. The average Bonchev–Trinajstić information content (AvgIpc) is 2.13. The zero-order chi connectivity index (χ0) is 14.0. The number of hydrogen-bond donors (Lipinski definition) is 2. The van der Waals surface area contributed by atoms with Crippen molar-refractivity contribution in [1.29, 1.82) is 0 Å². The summed E-state index contributed by atoms with van der Waals surface area (Å²) in [7, 11) is 0. The molecule has 2 N–H and O–H groups in total. The van der Waals surface area contributed by atoms with Crippen LogP contribution in [-0.4, -0.2) is 34.4 Å². The average molecular weight is 258 g/mol. The van der Waals surface area contributed by atoms with Crippen molar-refractivity contribution in [3.05, 3.63) is 0 Å². The molecular weight excluding hydrogens is 236 g/mol. The van der Waals surface area contributed by atoms with Crippen molar-refractivity contribution < 1.29 is 24.5 Å². The zero-order valence-electron chi connectivity index (χ0n) is 11.2. The van der Waals surface area contributed by atoms with E-state index < -0.39 is 23.0 Å². The highest BCUT2D eigenvalue weighted by molar-refractivity contribution is 6.00. The summed E-state index contributed by atoms with van der Waals surface area (Å²) in [6.45, 7) is 5.19. The monoisotopic (exact) mass is 258 g/mol. The van der Waals surface area contributed by atoms with Crippen molar-refractivity contribution in [3.63, 3.8) is 0 Å². The van der Waals surface area contributed by atoms with E-state index in [1.54, 1.807) is 20.8 Å². The summed E-state index contributed by atoms with van der Waals surface area (Å²) < 4.78 is 5.23. The molecule has 1 aliphatic carbocycles. The minimum atomic E-state index is -1.40.